The van der Waals surface area contributed by atoms with E-state index in [1.165, 1.54) is 6.42 Å². The molecule has 0 aromatic heterocycles. The van der Waals surface area contributed by atoms with E-state index in [0.29, 0.717) is 11.9 Å². The fourth-order valence-electron chi connectivity index (χ4n) is 3.91. The summed E-state index contributed by atoms with van der Waals surface area (Å²) in [6.07, 6.45) is 6.51. The Kier molecular flexibility index (Phi) is 3.28. The van der Waals surface area contributed by atoms with Crippen LogP contribution in [0.4, 0.5) is 0 Å². The van der Waals surface area contributed by atoms with Crippen molar-refractivity contribution in [3.05, 3.63) is 23.8 Å². The van der Waals surface area contributed by atoms with Crippen molar-refractivity contribution in [2.24, 2.45) is 0 Å². The molecule has 22 heavy (non-hydrogen) atoms. The second-order valence-electron chi connectivity index (χ2n) is 6.71. The van der Waals surface area contributed by atoms with E-state index in [4.69, 9.17) is 9.47 Å². The number of carbonyl (C=O) groups is 1. The maximum Gasteiger partial charge on any atom is 0.233 e. The highest BCUT2D eigenvalue weighted by atomic mass is 16.7. The zero-order valence-corrected chi connectivity index (χ0v) is 13.1. The third-order valence-electron chi connectivity index (χ3n) is 5.44. The first kappa shape index (κ1) is 13.9. The molecule has 4 heteroatoms. The van der Waals surface area contributed by atoms with E-state index in [1.807, 2.05) is 18.2 Å². The molecule has 2 fully saturated rings. The Labute approximate surface area is 131 Å². The number of likely N-dealkylation sites (tertiary alicyclic amines) is 1. The predicted molar refractivity (Wildman–Crippen MR) is 83.1 cm³/mol. The van der Waals surface area contributed by atoms with E-state index in [9.17, 15) is 4.79 Å². The van der Waals surface area contributed by atoms with Gasteiger partial charge in [0.25, 0.3) is 0 Å². The van der Waals surface area contributed by atoms with Crippen LogP contribution in [0.25, 0.3) is 0 Å². The highest BCUT2D eigenvalue weighted by Crippen LogP contribution is 2.52. The molecule has 0 N–H and O–H groups in total. The molecule has 4 rings (SSSR count). The summed E-state index contributed by atoms with van der Waals surface area (Å²) in [4.78, 5) is 15.4. The van der Waals surface area contributed by atoms with E-state index >= 15 is 0 Å². The number of ether oxygens (including phenoxy) is 2. The number of carbonyl (C=O) groups excluding carboxylic acids is 1. The quantitative estimate of drug-likeness (QED) is 0.860. The molecule has 2 aliphatic heterocycles. The monoisotopic (exact) mass is 301 g/mol. The minimum Gasteiger partial charge on any atom is -0.454 e. The molecule has 1 atom stereocenters. The lowest BCUT2D eigenvalue weighted by molar-refractivity contribution is -0.137. The maximum atomic E-state index is 13.2. The number of benzene rings is 1. The summed E-state index contributed by atoms with van der Waals surface area (Å²) >= 11 is 0. The molecule has 1 unspecified atom stereocenters. The fourth-order valence-corrected chi connectivity index (χ4v) is 3.91. The average Bonchev–Trinajstić information content (AvgIpc) is 3.25. The largest absolute Gasteiger partial charge is 0.454 e. The van der Waals surface area contributed by atoms with Gasteiger partial charge in [0.2, 0.25) is 12.7 Å². The highest BCUT2D eigenvalue weighted by molar-refractivity contribution is 5.91. The van der Waals surface area contributed by atoms with Gasteiger partial charge >= 0.3 is 0 Å². The van der Waals surface area contributed by atoms with Gasteiger partial charge < -0.3 is 14.4 Å². The van der Waals surface area contributed by atoms with Crippen molar-refractivity contribution in [1.82, 2.24) is 4.90 Å². The van der Waals surface area contributed by atoms with Gasteiger partial charge in [0, 0.05) is 12.6 Å². The van der Waals surface area contributed by atoms with E-state index in [0.717, 1.165) is 55.7 Å². The smallest absolute Gasteiger partial charge is 0.233 e. The second kappa shape index (κ2) is 5.18. The van der Waals surface area contributed by atoms with Crippen LogP contribution in [0.15, 0.2) is 18.2 Å². The number of hydrogen-bond donors (Lipinski definition) is 0. The third kappa shape index (κ3) is 2.08. The number of rotatable bonds is 3. The summed E-state index contributed by atoms with van der Waals surface area (Å²) in [5.41, 5.74) is 0.799. The molecule has 1 amide bonds. The topological polar surface area (TPSA) is 38.8 Å². The summed E-state index contributed by atoms with van der Waals surface area (Å²) in [6.45, 7) is 3.39. The lowest BCUT2D eigenvalue weighted by Gasteiger charge is -2.38. The summed E-state index contributed by atoms with van der Waals surface area (Å²) in [5, 5.41) is 0. The summed E-state index contributed by atoms with van der Waals surface area (Å²) < 4.78 is 10.9. The van der Waals surface area contributed by atoms with Crippen LogP contribution in [-0.4, -0.2) is 30.2 Å². The molecule has 1 aliphatic carbocycles. The van der Waals surface area contributed by atoms with E-state index in [2.05, 4.69) is 11.8 Å². The summed E-state index contributed by atoms with van der Waals surface area (Å²) in [6, 6.07) is 6.42. The average molecular weight is 301 g/mol. The number of nitrogens with zero attached hydrogens (tertiary/aromatic N) is 1. The predicted octanol–water partition coefficient (Wildman–Crippen LogP) is 3.24. The number of amides is 1. The Balaban J connectivity index is 1.62. The fraction of sp³-hybridized carbons (Fsp3) is 0.611. The maximum absolute atomic E-state index is 13.2. The number of piperidine rings is 1. The van der Waals surface area contributed by atoms with Crippen molar-refractivity contribution >= 4 is 5.91 Å². The Hall–Kier alpha value is -1.71. The van der Waals surface area contributed by atoms with Crippen LogP contribution in [0, 0.1) is 0 Å². The molecule has 4 nitrogen and oxygen atoms in total. The highest BCUT2D eigenvalue weighted by Gasteiger charge is 2.54. The molecule has 2 heterocycles. The molecule has 1 saturated heterocycles. The minimum atomic E-state index is -0.300. The normalized spacial score (nSPS) is 25.1. The molecule has 0 bridgehead atoms. The molecular formula is C18H23NO3. The van der Waals surface area contributed by atoms with Crippen molar-refractivity contribution < 1.29 is 14.3 Å². The van der Waals surface area contributed by atoms with Crippen LogP contribution >= 0.6 is 0 Å². The zero-order chi connectivity index (χ0) is 15.2. The number of hydrogen-bond acceptors (Lipinski definition) is 3. The summed E-state index contributed by atoms with van der Waals surface area (Å²) in [5.74, 6) is 1.90. The minimum absolute atomic E-state index is 0.282. The van der Waals surface area contributed by atoms with Gasteiger partial charge in [-0.2, -0.15) is 0 Å². The zero-order valence-electron chi connectivity index (χ0n) is 13.1. The lowest BCUT2D eigenvalue weighted by Crippen LogP contribution is -2.48. The van der Waals surface area contributed by atoms with Gasteiger partial charge in [-0.15, -0.1) is 0 Å². The second-order valence-corrected chi connectivity index (χ2v) is 6.71. The Bertz CT molecular complexity index is 594. The SMILES string of the molecule is CCC1CCCCN1C(=O)C1(c2ccc3c(c2)OCO3)CC1. The van der Waals surface area contributed by atoms with E-state index in [1.54, 1.807) is 0 Å². The molecule has 0 spiro atoms. The molecule has 3 aliphatic rings. The standard InChI is InChI=1S/C18H23NO3/c1-2-14-5-3-4-10-19(14)17(20)18(8-9-18)13-6-7-15-16(11-13)22-12-21-15/h6-7,11,14H,2-5,8-10,12H2,1H3. The first-order chi connectivity index (χ1) is 10.7. The lowest BCUT2D eigenvalue weighted by atomic mass is 9.91. The third-order valence-corrected chi connectivity index (χ3v) is 5.44. The van der Waals surface area contributed by atoms with Crippen molar-refractivity contribution in [3.63, 3.8) is 0 Å². The molecule has 0 radical (unpaired) electrons. The van der Waals surface area contributed by atoms with Gasteiger partial charge in [0.05, 0.1) is 5.41 Å². The van der Waals surface area contributed by atoms with Crippen LogP contribution in [0.1, 0.15) is 51.0 Å². The van der Waals surface area contributed by atoms with E-state index < -0.39 is 0 Å². The molecule has 1 saturated carbocycles. The van der Waals surface area contributed by atoms with E-state index in [-0.39, 0.29) is 12.2 Å². The van der Waals surface area contributed by atoms with Crippen molar-refractivity contribution in [1.29, 1.82) is 0 Å². The van der Waals surface area contributed by atoms with Gasteiger partial charge in [-0.05, 0) is 56.2 Å². The first-order valence-electron chi connectivity index (χ1n) is 8.46. The molecule has 1 aromatic rings. The van der Waals surface area contributed by atoms with Crippen molar-refractivity contribution in [3.8, 4) is 11.5 Å². The van der Waals surface area contributed by atoms with Crippen LogP contribution < -0.4 is 9.47 Å². The van der Waals surface area contributed by atoms with Gasteiger partial charge in [0.1, 0.15) is 0 Å². The van der Waals surface area contributed by atoms with Gasteiger partial charge in [-0.1, -0.05) is 13.0 Å². The van der Waals surface area contributed by atoms with Crippen LogP contribution in [0.2, 0.25) is 0 Å². The van der Waals surface area contributed by atoms with Crippen LogP contribution in [0.3, 0.4) is 0 Å². The Morgan fingerprint density at radius 2 is 2.09 bits per heavy atom. The molecule has 1 aromatic carbocycles. The molecule has 118 valence electrons. The Morgan fingerprint density at radius 3 is 2.86 bits per heavy atom. The van der Waals surface area contributed by atoms with Gasteiger partial charge in [0.15, 0.2) is 11.5 Å². The Morgan fingerprint density at radius 1 is 1.27 bits per heavy atom. The molecular weight excluding hydrogens is 278 g/mol. The first-order valence-corrected chi connectivity index (χ1v) is 8.46. The van der Waals surface area contributed by atoms with Crippen LogP contribution in [0.5, 0.6) is 11.5 Å². The van der Waals surface area contributed by atoms with Crippen LogP contribution in [-0.2, 0) is 10.2 Å². The van der Waals surface area contributed by atoms with Gasteiger partial charge in [-0.25, -0.2) is 0 Å². The number of fused-ring (bicyclic) bond motifs is 1. The van der Waals surface area contributed by atoms with Crippen molar-refractivity contribution in [2.45, 2.75) is 56.9 Å². The summed E-state index contributed by atoms with van der Waals surface area (Å²) in [7, 11) is 0. The van der Waals surface area contributed by atoms with Gasteiger partial charge in [-0.3, -0.25) is 4.79 Å². The van der Waals surface area contributed by atoms with Crippen molar-refractivity contribution in [2.75, 3.05) is 13.3 Å².